The summed E-state index contributed by atoms with van der Waals surface area (Å²) in [4.78, 5) is 12.3. The molecule has 1 atom stereocenters. The number of aryl methyl sites for hydroxylation is 2. The Kier molecular flexibility index (Phi) is 5.81. The average Bonchev–Trinajstić information content (AvgIpc) is 2.54. The first-order valence-corrected chi connectivity index (χ1v) is 9.26. The van der Waals surface area contributed by atoms with Gasteiger partial charge in [0.05, 0.1) is 18.0 Å². The molecule has 7 heteroatoms. The van der Waals surface area contributed by atoms with Crippen LogP contribution in [0.3, 0.4) is 0 Å². The maximum absolute atomic E-state index is 12.5. The van der Waals surface area contributed by atoms with E-state index < -0.39 is 22.0 Å². The van der Waals surface area contributed by atoms with Gasteiger partial charge in [0.2, 0.25) is 15.9 Å². The van der Waals surface area contributed by atoms with Gasteiger partial charge in [0.1, 0.15) is 5.75 Å². The molecule has 0 aliphatic heterocycles. The number of ether oxygens (including phenoxy) is 1. The molecule has 0 saturated carbocycles. The van der Waals surface area contributed by atoms with E-state index in [-0.39, 0.29) is 4.90 Å². The number of hydrogen-bond acceptors (Lipinski definition) is 4. The summed E-state index contributed by atoms with van der Waals surface area (Å²) >= 11 is 0. The maximum Gasteiger partial charge on any atom is 0.242 e. The Hall–Kier alpha value is -2.38. The predicted octanol–water partition coefficient (Wildman–Crippen LogP) is 2.62. The molecule has 2 aromatic carbocycles. The lowest BCUT2D eigenvalue weighted by atomic mass is 10.2. The summed E-state index contributed by atoms with van der Waals surface area (Å²) in [6.45, 7) is 5.17. The van der Waals surface area contributed by atoms with Crippen molar-refractivity contribution in [3.63, 3.8) is 0 Å². The lowest BCUT2D eigenvalue weighted by molar-refractivity contribution is -0.117. The first kappa shape index (κ1) is 19.0. The van der Waals surface area contributed by atoms with Crippen LogP contribution in [-0.2, 0) is 14.8 Å². The van der Waals surface area contributed by atoms with Crippen molar-refractivity contribution < 1.29 is 17.9 Å². The Morgan fingerprint density at radius 3 is 2.44 bits per heavy atom. The molecule has 0 fully saturated rings. The molecular weight excluding hydrogens is 340 g/mol. The largest absolute Gasteiger partial charge is 0.496 e. The third-order valence-electron chi connectivity index (χ3n) is 3.69. The number of carbonyl (C=O) groups is 1. The lowest BCUT2D eigenvalue weighted by Crippen LogP contribution is -2.41. The second kappa shape index (κ2) is 7.67. The Balaban J connectivity index is 2.11. The van der Waals surface area contributed by atoms with E-state index in [2.05, 4.69) is 10.0 Å². The molecular formula is C18H22N2O4S. The zero-order valence-electron chi connectivity index (χ0n) is 14.7. The van der Waals surface area contributed by atoms with Crippen LogP contribution in [0, 0.1) is 13.8 Å². The predicted molar refractivity (Wildman–Crippen MR) is 97.3 cm³/mol. The van der Waals surface area contributed by atoms with Crippen molar-refractivity contribution in [1.29, 1.82) is 0 Å². The third kappa shape index (κ3) is 4.80. The van der Waals surface area contributed by atoms with Crippen LogP contribution in [0.2, 0.25) is 0 Å². The number of amides is 1. The molecule has 0 saturated heterocycles. The Labute approximate surface area is 148 Å². The molecule has 25 heavy (non-hydrogen) atoms. The summed E-state index contributed by atoms with van der Waals surface area (Å²) in [5, 5.41) is 2.70. The highest BCUT2D eigenvalue weighted by atomic mass is 32.2. The third-order valence-corrected chi connectivity index (χ3v) is 5.23. The highest BCUT2D eigenvalue weighted by Crippen LogP contribution is 2.21. The first-order valence-electron chi connectivity index (χ1n) is 7.77. The second-order valence-electron chi connectivity index (χ2n) is 5.83. The van der Waals surface area contributed by atoms with Crippen molar-refractivity contribution in [2.24, 2.45) is 0 Å². The van der Waals surface area contributed by atoms with Crippen molar-refractivity contribution in [3.8, 4) is 5.75 Å². The fourth-order valence-electron chi connectivity index (χ4n) is 2.35. The van der Waals surface area contributed by atoms with Gasteiger partial charge in [-0.05, 0) is 62.2 Å². The van der Waals surface area contributed by atoms with Gasteiger partial charge in [0.15, 0.2) is 0 Å². The van der Waals surface area contributed by atoms with E-state index in [9.17, 15) is 13.2 Å². The van der Waals surface area contributed by atoms with Crippen molar-refractivity contribution in [2.45, 2.75) is 31.7 Å². The summed E-state index contributed by atoms with van der Waals surface area (Å²) in [6, 6.07) is 10.9. The van der Waals surface area contributed by atoms with Crippen molar-refractivity contribution in [2.75, 3.05) is 12.4 Å². The number of methoxy groups -OCH3 is 1. The lowest BCUT2D eigenvalue weighted by Gasteiger charge is -2.15. The fraction of sp³-hybridized carbons (Fsp3) is 0.278. The van der Waals surface area contributed by atoms with Gasteiger partial charge in [-0.2, -0.15) is 4.72 Å². The maximum atomic E-state index is 12.5. The average molecular weight is 362 g/mol. The Morgan fingerprint density at radius 1 is 1.12 bits per heavy atom. The fourth-order valence-corrected chi connectivity index (χ4v) is 3.63. The van der Waals surface area contributed by atoms with Gasteiger partial charge >= 0.3 is 0 Å². The molecule has 0 aliphatic rings. The van der Waals surface area contributed by atoms with Gasteiger partial charge in [-0.1, -0.05) is 12.1 Å². The van der Waals surface area contributed by atoms with E-state index in [1.165, 1.54) is 26.2 Å². The summed E-state index contributed by atoms with van der Waals surface area (Å²) in [6.07, 6.45) is 0. The molecule has 0 aromatic heterocycles. The molecule has 2 aromatic rings. The minimum absolute atomic E-state index is 0.0843. The van der Waals surface area contributed by atoms with E-state index >= 15 is 0 Å². The van der Waals surface area contributed by atoms with E-state index in [0.29, 0.717) is 17.0 Å². The number of nitrogens with one attached hydrogen (secondary N) is 2. The molecule has 2 N–H and O–H groups in total. The molecule has 0 spiro atoms. The van der Waals surface area contributed by atoms with Crippen molar-refractivity contribution >= 4 is 21.6 Å². The van der Waals surface area contributed by atoms with E-state index in [1.807, 2.05) is 25.1 Å². The van der Waals surface area contributed by atoms with Crippen LogP contribution in [-0.4, -0.2) is 27.5 Å². The van der Waals surface area contributed by atoms with E-state index in [4.69, 9.17) is 4.74 Å². The van der Waals surface area contributed by atoms with Gasteiger partial charge in [0, 0.05) is 5.69 Å². The zero-order chi connectivity index (χ0) is 18.6. The smallest absolute Gasteiger partial charge is 0.242 e. The van der Waals surface area contributed by atoms with Gasteiger partial charge in [0.25, 0.3) is 0 Å². The number of anilines is 1. The minimum Gasteiger partial charge on any atom is -0.496 e. The van der Waals surface area contributed by atoms with Gasteiger partial charge in [-0.3, -0.25) is 4.79 Å². The number of rotatable bonds is 6. The minimum atomic E-state index is -3.82. The first-order chi connectivity index (χ1) is 11.7. The van der Waals surface area contributed by atoms with Gasteiger partial charge < -0.3 is 10.1 Å². The van der Waals surface area contributed by atoms with Crippen LogP contribution in [0.25, 0.3) is 0 Å². The SMILES string of the molecule is COc1ccc(S(=O)(=O)NC(C)C(=O)Nc2cccc(C)c2)cc1C. The van der Waals surface area contributed by atoms with Crippen molar-refractivity contribution in [1.82, 2.24) is 4.72 Å². The quantitative estimate of drug-likeness (QED) is 0.827. The number of benzene rings is 2. The summed E-state index contributed by atoms with van der Waals surface area (Å²) < 4.78 is 32.5. The standard InChI is InChI=1S/C18H22N2O4S/c1-12-6-5-7-15(10-12)19-18(21)14(3)20-25(22,23)16-8-9-17(24-4)13(2)11-16/h5-11,14,20H,1-4H3,(H,19,21). The van der Waals surface area contributed by atoms with Gasteiger partial charge in [-0.15, -0.1) is 0 Å². The molecule has 1 amide bonds. The second-order valence-corrected chi connectivity index (χ2v) is 7.55. The highest BCUT2D eigenvalue weighted by molar-refractivity contribution is 7.89. The zero-order valence-corrected chi connectivity index (χ0v) is 15.5. The molecule has 134 valence electrons. The van der Waals surface area contributed by atoms with E-state index in [0.717, 1.165) is 5.56 Å². The molecule has 0 bridgehead atoms. The van der Waals surface area contributed by atoms with E-state index in [1.54, 1.807) is 19.1 Å². The number of hydrogen-bond donors (Lipinski definition) is 2. The topological polar surface area (TPSA) is 84.5 Å². The van der Waals surface area contributed by atoms with Crippen LogP contribution in [0.5, 0.6) is 5.75 Å². The molecule has 2 rings (SSSR count). The van der Waals surface area contributed by atoms with Crippen LogP contribution >= 0.6 is 0 Å². The molecule has 1 unspecified atom stereocenters. The van der Waals surface area contributed by atoms with Gasteiger partial charge in [-0.25, -0.2) is 8.42 Å². The summed E-state index contributed by atoms with van der Waals surface area (Å²) in [5.41, 5.74) is 2.32. The summed E-state index contributed by atoms with van der Waals surface area (Å²) in [7, 11) is -2.30. The molecule has 0 heterocycles. The monoisotopic (exact) mass is 362 g/mol. The molecule has 0 aliphatic carbocycles. The highest BCUT2D eigenvalue weighted by Gasteiger charge is 2.22. The number of carbonyl (C=O) groups excluding carboxylic acids is 1. The summed E-state index contributed by atoms with van der Waals surface area (Å²) in [5.74, 6) is 0.170. The van der Waals surface area contributed by atoms with Crippen molar-refractivity contribution in [3.05, 3.63) is 53.6 Å². The molecule has 6 nitrogen and oxygen atoms in total. The molecule has 0 radical (unpaired) electrons. The normalized spacial score (nSPS) is 12.5. The van der Waals surface area contributed by atoms with Crippen LogP contribution < -0.4 is 14.8 Å². The number of sulfonamides is 1. The Bertz CT molecular complexity index is 878. The van der Waals surface area contributed by atoms with Crippen LogP contribution in [0.15, 0.2) is 47.4 Å². The van der Waals surface area contributed by atoms with Crippen LogP contribution in [0.4, 0.5) is 5.69 Å². The Morgan fingerprint density at radius 2 is 1.84 bits per heavy atom. The van der Waals surface area contributed by atoms with Crippen LogP contribution in [0.1, 0.15) is 18.1 Å².